The fraction of sp³-hybridized carbons (Fsp3) is 0.500. The Balaban J connectivity index is 1.87. The van der Waals surface area contributed by atoms with Crippen LogP contribution >= 0.6 is 11.6 Å². The Morgan fingerprint density at radius 2 is 2.17 bits per heavy atom. The fourth-order valence-corrected chi connectivity index (χ4v) is 3.77. The Morgan fingerprint density at radius 1 is 1.38 bits per heavy atom. The third kappa shape index (κ3) is 3.18. The van der Waals surface area contributed by atoms with Gasteiger partial charge in [0.15, 0.2) is 17.5 Å². The van der Waals surface area contributed by atoms with E-state index >= 15 is 0 Å². The SMILES string of the molecule is O=C(O)CCCCC1=NC2(c3ccccc3Cl)CCCC(O1)C2=O. The van der Waals surface area contributed by atoms with Crippen molar-refractivity contribution in [1.29, 1.82) is 0 Å². The molecule has 2 unspecified atom stereocenters. The number of benzene rings is 1. The van der Waals surface area contributed by atoms with Crippen LogP contribution in [0.1, 0.15) is 50.5 Å². The molecule has 1 saturated carbocycles. The van der Waals surface area contributed by atoms with Crippen LogP contribution in [0.4, 0.5) is 0 Å². The summed E-state index contributed by atoms with van der Waals surface area (Å²) in [5.41, 5.74) is -0.200. The van der Waals surface area contributed by atoms with Crippen molar-refractivity contribution in [3.8, 4) is 0 Å². The molecule has 1 heterocycles. The molecule has 2 bridgehead atoms. The van der Waals surface area contributed by atoms with E-state index in [4.69, 9.17) is 21.4 Å². The maximum atomic E-state index is 12.9. The number of carbonyl (C=O) groups is 2. The molecule has 0 aromatic heterocycles. The van der Waals surface area contributed by atoms with Gasteiger partial charge in [-0.25, -0.2) is 4.99 Å². The second-order valence-corrected chi connectivity index (χ2v) is 6.72. The first-order valence-corrected chi connectivity index (χ1v) is 8.67. The molecule has 0 radical (unpaired) electrons. The average Bonchev–Trinajstić information content (AvgIpc) is 2.53. The standard InChI is InChI=1S/C18H20ClNO4/c19-13-7-2-1-6-12(13)18-11-5-8-14(17(18)23)24-15(20-18)9-3-4-10-16(21)22/h1-2,6-7,14H,3-5,8-11H2,(H,21,22). The van der Waals surface area contributed by atoms with E-state index in [1.807, 2.05) is 18.2 Å². The van der Waals surface area contributed by atoms with Gasteiger partial charge in [0.2, 0.25) is 5.78 Å². The molecule has 0 amide bonds. The summed E-state index contributed by atoms with van der Waals surface area (Å²) in [6, 6.07) is 7.34. The number of fused-ring (bicyclic) bond motifs is 2. The number of ketones is 1. The topological polar surface area (TPSA) is 76.0 Å². The van der Waals surface area contributed by atoms with Gasteiger partial charge in [-0.2, -0.15) is 0 Å². The monoisotopic (exact) mass is 349 g/mol. The second-order valence-electron chi connectivity index (χ2n) is 6.31. The van der Waals surface area contributed by atoms with Gasteiger partial charge in [0.25, 0.3) is 0 Å². The fourth-order valence-electron chi connectivity index (χ4n) is 3.48. The molecular weight excluding hydrogens is 330 g/mol. The Morgan fingerprint density at radius 3 is 2.92 bits per heavy atom. The number of unbranched alkanes of at least 4 members (excludes halogenated alkanes) is 1. The van der Waals surface area contributed by atoms with Gasteiger partial charge in [0, 0.05) is 23.4 Å². The lowest BCUT2D eigenvalue weighted by molar-refractivity contribution is -0.137. The number of Topliss-reactive ketones (excluding diaryl/α,β-unsaturated/α-hetero) is 1. The molecule has 5 nitrogen and oxygen atoms in total. The molecule has 128 valence electrons. The lowest BCUT2D eigenvalue weighted by Gasteiger charge is -2.41. The number of aliphatic imine (C=N–C) groups is 1. The molecule has 24 heavy (non-hydrogen) atoms. The first kappa shape index (κ1) is 17.0. The van der Waals surface area contributed by atoms with Crippen LogP contribution in [0.25, 0.3) is 0 Å². The number of rotatable bonds is 6. The zero-order valence-corrected chi connectivity index (χ0v) is 14.1. The first-order chi connectivity index (χ1) is 11.5. The molecule has 1 N–H and O–H groups in total. The Labute approximate surface area is 145 Å². The predicted molar refractivity (Wildman–Crippen MR) is 90.4 cm³/mol. The third-order valence-corrected chi connectivity index (χ3v) is 4.98. The van der Waals surface area contributed by atoms with E-state index in [9.17, 15) is 9.59 Å². The van der Waals surface area contributed by atoms with Gasteiger partial charge < -0.3 is 9.84 Å². The van der Waals surface area contributed by atoms with Gasteiger partial charge in [-0.05, 0) is 38.2 Å². The van der Waals surface area contributed by atoms with Crippen LogP contribution in [0.5, 0.6) is 0 Å². The van der Waals surface area contributed by atoms with Crippen molar-refractivity contribution in [1.82, 2.24) is 0 Å². The van der Waals surface area contributed by atoms with Crippen molar-refractivity contribution < 1.29 is 19.4 Å². The zero-order valence-electron chi connectivity index (χ0n) is 13.3. The van der Waals surface area contributed by atoms with Crippen LogP contribution in [0.2, 0.25) is 5.02 Å². The predicted octanol–water partition coefficient (Wildman–Crippen LogP) is 3.73. The van der Waals surface area contributed by atoms with E-state index in [-0.39, 0.29) is 12.2 Å². The number of carboxylic acids is 1. The molecule has 2 aliphatic rings. The number of halogens is 1. The van der Waals surface area contributed by atoms with Crippen LogP contribution in [-0.2, 0) is 19.9 Å². The molecule has 1 aliphatic heterocycles. The lowest BCUT2D eigenvalue weighted by atomic mass is 9.74. The van der Waals surface area contributed by atoms with Crippen LogP contribution in [0.3, 0.4) is 0 Å². The maximum Gasteiger partial charge on any atom is 0.303 e. The Kier molecular flexibility index (Phi) is 4.90. The summed E-state index contributed by atoms with van der Waals surface area (Å²) in [5, 5.41) is 9.26. The largest absolute Gasteiger partial charge is 0.481 e. The number of ether oxygens (including phenoxy) is 1. The molecule has 0 spiro atoms. The van der Waals surface area contributed by atoms with Gasteiger partial charge in [-0.1, -0.05) is 29.8 Å². The highest BCUT2D eigenvalue weighted by molar-refractivity contribution is 6.32. The van der Waals surface area contributed by atoms with E-state index in [0.717, 1.165) is 12.0 Å². The number of aliphatic carboxylic acids is 1. The minimum Gasteiger partial charge on any atom is -0.481 e. The van der Waals surface area contributed by atoms with Crippen molar-refractivity contribution >= 4 is 29.3 Å². The summed E-state index contributed by atoms with van der Waals surface area (Å²) in [7, 11) is 0. The molecule has 0 saturated heterocycles. The summed E-state index contributed by atoms with van der Waals surface area (Å²) in [5.74, 6) is -0.276. The maximum absolute atomic E-state index is 12.9. The molecule has 2 atom stereocenters. The number of carboxylic acid groups (broad SMARTS) is 1. The number of hydrogen-bond acceptors (Lipinski definition) is 4. The Bertz CT molecular complexity index is 687. The summed E-state index contributed by atoms with van der Waals surface area (Å²) >= 11 is 6.34. The average molecular weight is 350 g/mol. The van der Waals surface area contributed by atoms with E-state index < -0.39 is 17.6 Å². The van der Waals surface area contributed by atoms with Crippen LogP contribution in [0, 0.1) is 0 Å². The minimum absolute atomic E-state index is 0.0175. The molecule has 1 aromatic carbocycles. The molecular formula is C18H20ClNO4. The lowest BCUT2D eigenvalue weighted by Crippen LogP contribution is -2.51. The van der Waals surface area contributed by atoms with Gasteiger partial charge in [-0.3, -0.25) is 9.59 Å². The number of nitrogens with zero attached hydrogens (tertiary/aromatic N) is 1. The van der Waals surface area contributed by atoms with Gasteiger partial charge in [0.1, 0.15) is 0 Å². The second kappa shape index (κ2) is 6.93. The Hall–Kier alpha value is -1.88. The molecule has 6 heteroatoms. The third-order valence-electron chi connectivity index (χ3n) is 4.65. The number of hydrogen-bond donors (Lipinski definition) is 1. The summed E-state index contributed by atoms with van der Waals surface area (Å²) in [4.78, 5) is 28.2. The molecule has 1 aromatic rings. The molecule has 1 aliphatic carbocycles. The first-order valence-electron chi connectivity index (χ1n) is 8.29. The van der Waals surface area contributed by atoms with Crippen LogP contribution in [0.15, 0.2) is 29.3 Å². The zero-order chi connectivity index (χ0) is 17.2. The van der Waals surface area contributed by atoms with Crippen molar-refractivity contribution in [3.63, 3.8) is 0 Å². The van der Waals surface area contributed by atoms with E-state index in [1.165, 1.54) is 0 Å². The van der Waals surface area contributed by atoms with Crippen molar-refractivity contribution in [2.24, 2.45) is 4.99 Å². The van der Waals surface area contributed by atoms with Gasteiger partial charge in [-0.15, -0.1) is 0 Å². The smallest absolute Gasteiger partial charge is 0.303 e. The van der Waals surface area contributed by atoms with Crippen LogP contribution in [-0.4, -0.2) is 28.9 Å². The summed E-state index contributed by atoms with van der Waals surface area (Å²) in [6.07, 6.45) is 3.63. The van der Waals surface area contributed by atoms with E-state index in [1.54, 1.807) is 6.07 Å². The van der Waals surface area contributed by atoms with E-state index in [2.05, 4.69) is 4.99 Å². The molecule has 3 rings (SSSR count). The molecule has 1 fully saturated rings. The highest BCUT2D eigenvalue weighted by Crippen LogP contribution is 2.44. The van der Waals surface area contributed by atoms with E-state index in [0.29, 0.717) is 43.0 Å². The summed E-state index contributed by atoms with van der Waals surface area (Å²) < 4.78 is 5.77. The van der Waals surface area contributed by atoms with Crippen molar-refractivity contribution in [3.05, 3.63) is 34.9 Å². The van der Waals surface area contributed by atoms with Gasteiger partial charge in [0.05, 0.1) is 0 Å². The van der Waals surface area contributed by atoms with Crippen LogP contribution < -0.4 is 0 Å². The van der Waals surface area contributed by atoms with Crippen molar-refractivity contribution in [2.75, 3.05) is 0 Å². The normalized spacial score (nSPS) is 25.8. The van der Waals surface area contributed by atoms with Crippen molar-refractivity contribution in [2.45, 2.75) is 56.6 Å². The highest BCUT2D eigenvalue weighted by Gasteiger charge is 2.51. The van der Waals surface area contributed by atoms with Gasteiger partial charge >= 0.3 is 5.97 Å². The highest BCUT2D eigenvalue weighted by atomic mass is 35.5. The summed E-state index contributed by atoms with van der Waals surface area (Å²) in [6.45, 7) is 0. The number of carbonyl (C=O) groups excluding carboxylic acids is 1. The quantitative estimate of drug-likeness (QED) is 0.794. The minimum atomic E-state index is -0.943.